The molecule has 2 aliphatic rings. The summed E-state index contributed by atoms with van der Waals surface area (Å²) >= 11 is 0. The fourth-order valence-electron chi connectivity index (χ4n) is 1.56. The van der Waals surface area contributed by atoms with E-state index in [0.717, 1.165) is 0 Å². The van der Waals surface area contributed by atoms with Crippen LogP contribution in [0.5, 0.6) is 0 Å². The molecule has 0 aromatic carbocycles. The van der Waals surface area contributed by atoms with Gasteiger partial charge in [0.1, 0.15) is 12.2 Å². The third-order valence-electron chi connectivity index (χ3n) is 2.13. The molecule has 4 heteroatoms. The first-order chi connectivity index (χ1) is 4.79. The maximum Gasteiger partial charge on any atom is 0.103 e. The molecule has 0 amide bonds. The summed E-state index contributed by atoms with van der Waals surface area (Å²) in [6.07, 6.45) is 0.102. The van der Waals surface area contributed by atoms with Crippen LogP contribution in [0.4, 0.5) is 0 Å². The van der Waals surface area contributed by atoms with Crippen LogP contribution in [0.2, 0.25) is 0 Å². The minimum Gasteiger partial charge on any atom is -0.372 e. The molecule has 2 aliphatic heterocycles. The van der Waals surface area contributed by atoms with E-state index in [-0.39, 0.29) is 24.3 Å². The van der Waals surface area contributed by atoms with Crippen LogP contribution in [-0.2, 0) is 9.47 Å². The van der Waals surface area contributed by atoms with Crippen LogP contribution in [-0.4, -0.2) is 37.5 Å². The first-order valence-electron chi connectivity index (χ1n) is 3.53. The van der Waals surface area contributed by atoms with E-state index in [1.807, 2.05) is 0 Å². The Balaban J connectivity index is 2.09. The topological polar surface area (TPSA) is 70.5 Å². The van der Waals surface area contributed by atoms with Crippen molar-refractivity contribution in [1.82, 2.24) is 0 Å². The first kappa shape index (κ1) is 6.54. The van der Waals surface area contributed by atoms with Crippen molar-refractivity contribution in [3.63, 3.8) is 0 Å². The molecule has 2 saturated heterocycles. The quantitative estimate of drug-likeness (QED) is 0.431. The Morgan fingerprint density at radius 1 is 0.900 bits per heavy atom. The van der Waals surface area contributed by atoms with E-state index in [2.05, 4.69) is 0 Å². The molecule has 4 N–H and O–H groups in total. The molecule has 0 radical (unpaired) electrons. The highest BCUT2D eigenvalue weighted by atomic mass is 16.6. The molecule has 2 heterocycles. The van der Waals surface area contributed by atoms with Crippen molar-refractivity contribution < 1.29 is 9.47 Å². The number of hydrogen-bond acceptors (Lipinski definition) is 4. The van der Waals surface area contributed by atoms with Crippen LogP contribution < -0.4 is 11.5 Å². The summed E-state index contributed by atoms with van der Waals surface area (Å²) < 4.78 is 10.7. The van der Waals surface area contributed by atoms with Gasteiger partial charge >= 0.3 is 0 Å². The second-order valence-electron chi connectivity index (χ2n) is 2.92. The van der Waals surface area contributed by atoms with Crippen molar-refractivity contribution in [1.29, 1.82) is 0 Å². The zero-order valence-corrected chi connectivity index (χ0v) is 5.69. The van der Waals surface area contributed by atoms with Crippen molar-refractivity contribution in [2.45, 2.75) is 24.3 Å². The maximum absolute atomic E-state index is 5.68. The fraction of sp³-hybridized carbons (Fsp3) is 1.00. The third-order valence-corrected chi connectivity index (χ3v) is 2.13. The fourth-order valence-corrected chi connectivity index (χ4v) is 1.56. The van der Waals surface area contributed by atoms with Crippen LogP contribution in [0.3, 0.4) is 0 Å². The predicted molar refractivity (Wildman–Crippen MR) is 35.4 cm³/mol. The molecule has 2 rings (SSSR count). The van der Waals surface area contributed by atoms with E-state index in [1.54, 1.807) is 0 Å². The molecule has 4 nitrogen and oxygen atoms in total. The van der Waals surface area contributed by atoms with Gasteiger partial charge in [-0.15, -0.1) is 0 Å². The molecule has 10 heavy (non-hydrogen) atoms. The summed E-state index contributed by atoms with van der Waals surface area (Å²) in [5.74, 6) is 0. The smallest absolute Gasteiger partial charge is 0.103 e. The van der Waals surface area contributed by atoms with Crippen LogP contribution >= 0.6 is 0 Å². The minimum atomic E-state index is 0.0264. The second-order valence-corrected chi connectivity index (χ2v) is 2.92. The van der Waals surface area contributed by atoms with Crippen LogP contribution in [0.15, 0.2) is 0 Å². The van der Waals surface area contributed by atoms with E-state index in [4.69, 9.17) is 20.9 Å². The molecule has 0 aliphatic carbocycles. The zero-order valence-electron chi connectivity index (χ0n) is 5.69. The Morgan fingerprint density at radius 3 is 1.70 bits per heavy atom. The summed E-state index contributed by atoms with van der Waals surface area (Å²) in [6, 6.07) is 0.0529. The highest BCUT2D eigenvalue weighted by Gasteiger charge is 2.44. The largest absolute Gasteiger partial charge is 0.372 e. The van der Waals surface area contributed by atoms with Gasteiger partial charge in [-0.2, -0.15) is 0 Å². The van der Waals surface area contributed by atoms with Gasteiger partial charge in [0.25, 0.3) is 0 Å². The number of rotatable bonds is 0. The summed E-state index contributed by atoms with van der Waals surface area (Å²) in [5.41, 5.74) is 11.4. The molecular weight excluding hydrogens is 132 g/mol. The number of nitrogens with two attached hydrogens (primary N) is 2. The van der Waals surface area contributed by atoms with Gasteiger partial charge in [-0.3, -0.25) is 0 Å². The lowest BCUT2D eigenvalue weighted by Gasteiger charge is -2.10. The highest BCUT2D eigenvalue weighted by Crippen LogP contribution is 2.24. The lowest BCUT2D eigenvalue weighted by Crippen LogP contribution is -2.39. The molecule has 4 atom stereocenters. The van der Waals surface area contributed by atoms with Gasteiger partial charge in [0.15, 0.2) is 0 Å². The van der Waals surface area contributed by atoms with Crippen molar-refractivity contribution in [2.75, 3.05) is 13.2 Å². The van der Waals surface area contributed by atoms with Crippen LogP contribution in [0.1, 0.15) is 0 Å². The second kappa shape index (κ2) is 2.17. The number of fused-ring (bicyclic) bond motifs is 1. The van der Waals surface area contributed by atoms with Gasteiger partial charge in [-0.05, 0) is 0 Å². The summed E-state index contributed by atoms with van der Waals surface area (Å²) in [6.45, 7) is 1.17. The Kier molecular flexibility index (Phi) is 1.42. The minimum absolute atomic E-state index is 0.0264. The van der Waals surface area contributed by atoms with Crippen molar-refractivity contribution in [3.05, 3.63) is 0 Å². The summed E-state index contributed by atoms with van der Waals surface area (Å²) in [7, 11) is 0. The van der Waals surface area contributed by atoms with Crippen molar-refractivity contribution in [2.24, 2.45) is 11.5 Å². The first-order valence-corrected chi connectivity index (χ1v) is 3.53. The molecule has 0 spiro atoms. The lowest BCUT2D eigenvalue weighted by atomic mass is 10.1. The van der Waals surface area contributed by atoms with Gasteiger partial charge in [-0.1, -0.05) is 0 Å². The maximum atomic E-state index is 5.68. The van der Waals surface area contributed by atoms with Gasteiger partial charge in [0.2, 0.25) is 0 Å². The molecule has 0 aromatic heterocycles. The average molecular weight is 144 g/mol. The standard InChI is InChI=1S/C6H12N2O2/c7-3-1-9-6-4(8)2-10-5(3)6/h3-6H,1-2,7-8H2/t3?,4?,5-,6-/m1/s1. The van der Waals surface area contributed by atoms with Gasteiger partial charge < -0.3 is 20.9 Å². The van der Waals surface area contributed by atoms with Gasteiger partial charge in [-0.25, -0.2) is 0 Å². The zero-order chi connectivity index (χ0) is 7.14. The molecule has 0 bridgehead atoms. The monoisotopic (exact) mass is 144 g/mol. The number of ether oxygens (including phenoxy) is 2. The molecule has 0 aromatic rings. The van der Waals surface area contributed by atoms with Crippen molar-refractivity contribution >= 4 is 0 Å². The van der Waals surface area contributed by atoms with Gasteiger partial charge in [0, 0.05) is 0 Å². The highest BCUT2D eigenvalue weighted by molar-refractivity contribution is 4.97. The Hall–Kier alpha value is -0.160. The lowest BCUT2D eigenvalue weighted by molar-refractivity contribution is 0.0691. The Labute approximate surface area is 59.5 Å². The van der Waals surface area contributed by atoms with E-state index in [1.165, 1.54) is 0 Å². The third kappa shape index (κ3) is 0.769. The summed E-state index contributed by atoms with van der Waals surface area (Å²) in [5, 5.41) is 0. The SMILES string of the molecule is NC1CO[C@@H]2C(N)CO[C@H]12. The molecule has 58 valence electrons. The van der Waals surface area contributed by atoms with E-state index in [9.17, 15) is 0 Å². The molecule has 0 saturated carbocycles. The van der Waals surface area contributed by atoms with E-state index >= 15 is 0 Å². The predicted octanol–water partition coefficient (Wildman–Crippen LogP) is -1.56. The van der Waals surface area contributed by atoms with Crippen LogP contribution in [0, 0.1) is 0 Å². The van der Waals surface area contributed by atoms with Gasteiger partial charge in [0.05, 0.1) is 25.3 Å². The Bertz CT molecular complexity index is 126. The molecular formula is C6H12N2O2. The normalized spacial score (nSPS) is 53.4. The van der Waals surface area contributed by atoms with E-state index in [0.29, 0.717) is 13.2 Å². The summed E-state index contributed by atoms with van der Waals surface area (Å²) in [4.78, 5) is 0. The molecule has 2 unspecified atom stereocenters. The number of hydrogen-bond donors (Lipinski definition) is 2. The Morgan fingerprint density at radius 2 is 1.30 bits per heavy atom. The molecule has 2 fully saturated rings. The van der Waals surface area contributed by atoms with E-state index < -0.39 is 0 Å². The average Bonchev–Trinajstić information content (AvgIpc) is 2.41. The van der Waals surface area contributed by atoms with Crippen molar-refractivity contribution in [3.8, 4) is 0 Å². The van der Waals surface area contributed by atoms with Crippen LogP contribution in [0.25, 0.3) is 0 Å².